The molecule has 5 rings (SSSR count). The van der Waals surface area contributed by atoms with Crippen LogP contribution in [-0.4, -0.2) is 24.1 Å². The van der Waals surface area contributed by atoms with E-state index >= 15 is 0 Å². The van der Waals surface area contributed by atoms with Crippen molar-refractivity contribution in [2.75, 3.05) is 6.61 Å². The van der Waals surface area contributed by atoms with Gasteiger partial charge in [0, 0.05) is 42.7 Å². The van der Waals surface area contributed by atoms with Gasteiger partial charge in [-0.2, -0.15) is 0 Å². The van der Waals surface area contributed by atoms with E-state index in [1.54, 1.807) is 36.4 Å². The summed E-state index contributed by atoms with van der Waals surface area (Å²) in [6.07, 6.45) is 3.77. The Morgan fingerprint density at radius 2 is 1.53 bits per heavy atom. The fourth-order valence-electron chi connectivity index (χ4n) is 4.94. The second-order valence-corrected chi connectivity index (χ2v) is 8.66. The maximum absolute atomic E-state index is 13.0. The van der Waals surface area contributed by atoms with Crippen molar-refractivity contribution in [1.82, 2.24) is 0 Å². The van der Waals surface area contributed by atoms with E-state index in [9.17, 15) is 14.4 Å². The molecule has 2 aromatic carbocycles. The molecule has 0 fully saturated rings. The van der Waals surface area contributed by atoms with E-state index in [0.717, 1.165) is 18.4 Å². The van der Waals surface area contributed by atoms with E-state index in [-0.39, 0.29) is 11.6 Å². The van der Waals surface area contributed by atoms with Crippen LogP contribution in [0.2, 0.25) is 0 Å². The fraction of sp³-hybridized carbons (Fsp3) is 0.321. The molecule has 0 unspecified atom stereocenters. The highest BCUT2D eigenvalue weighted by atomic mass is 16.6. The summed E-state index contributed by atoms with van der Waals surface area (Å²) in [5, 5.41) is 0. The van der Waals surface area contributed by atoms with Crippen molar-refractivity contribution < 1.29 is 28.6 Å². The summed E-state index contributed by atoms with van der Waals surface area (Å²) in [4.78, 5) is 38.6. The van der Waals surface area contributed by atoms with Crippen LogP contribution >= 0.6 is 0 Å². The minimum absolute atomic E-state index is 0.0220. The van der Waals surface area contributed by atoms with Gasteiger partial charge < -0.3 is 14.2 Å². The van der Waals surface area contributed by atoms with Crippen LogP contribution in [0, 0.1) is 0 Å². The predicted octanol–water partition coefficient (Wildman–Crippen LogP) is 5.43. The van der Waals surface area contributed by atoms with Crippen molar-refractivity contribution in [3.05, 3.63) is 82.3 Å². The van der Waals surface area contributed by atoms with Gasteiger partial charge in [-0.1, -0.05) is 24.3 Å². The molecule has 6 nitrogen and oxygen atoms in total. The third-order valence-corrected chi connectivity index (χ3v) is 6.45. The van der Waals surface area contributed by atoms with Gasteiger partial charge >= 0.3 is 5.97 Å². The summed E-state index contributed by atoms with van der Waals surface area (Å²) >= 11 is 0. The topological polar surface area (TPSA) is 78.9 Å². The van der Waals surface area contributed by atoms with Crippen molar-refractivity contribution in [3.8, 4) is 11.5 Å². The number of carbonyl (C=O) groups excluding carboxylic acids is 3. The number of ketones is 2. The van der Waals surface area contributed by atoms with Crippen molar-refractivity contribution in [2.45, 2.75) is 51.4 Å². The fourth-order valence-corrected chi connectivity index (χ4v) is 4.94. The normalized spacial score (nSPS) is 18.3. The molecule has 0 bridgehead atoms. The van der Waals surface area contributed by atoms with Crippen LogP contribution in [0.5, 0.6) is 11.5 Å². The summed E-state index contributed by atoms with van der Waals surface area (Å²) in [6, 6.07) is 14.0. The number of allylic oxidation sites excluding steroid dienone is 4. The molecule has 0 radical (unpaired) electrons. The molecule has 0 aromatic heterocycles. The molecule has 0 saturated carbocycles. The molecule has 174 valence electrons. The lowest BCUT2D eigenvalue weighted by atomic mass is 9.73. The van der Waals surface area contributed by atoms with Crippen LogP contribution in [0.15, 0.2) is 71.2 Å². The second kappa shape index (κ2) is 9.29. The van der Waals surface area contributed by atoms with Crippen molar-refractivity contribution in [2.24, 2.45) is 0 Å². The van der Waals surface area contributed by atoms with Crippen LogP contribution in [0.25, 0.3) is 0 Å². The molecule has 34 heavy (non-hydrogen) atoms. The van der Waals surface area contributed by atoms with Gasteiger partial charge in [0.05, 0.1) is 12.2 Å². The number of carbonyl (C=O) groups is 3. The molecule has 6 heteroatoms. The van der Waals surface area contributed by atoms with E-state index in [1.165, 1.54) is 0 Å². The molecule has 1 heterocycles. The number of esters is 1. The zero-order valence-corrected chi connectivity index (χ0v) is 19.1. The molecule has 0 N–H and O–H groups in total. The van der Waals surface area contributed by atoms with E-state index in [1.807, 2.05) is 19.1 Å². The number of hydrogen-bond acceptors (Lipinski definition) is 6. The largest absolute Gasteiger partial charge is 0.490 e. The molecular weight excluding hydrogens is 432 g/mol. The van der Waals surface area contributed by atoms with E-state index in [0.29, 0.717) is 72.0 Å². The van der Waals surface area contributed by atoms with Crippen LogP contribution in [-0.2, 0) is 14.3 Å². The Balaban J connectivity index is 1.56. The third-order valence-electron chi connectivity index (χ3n) is 6.45. The van der Waals surface area contributed by atoms with Gasteiger partial charge in [-0.25, -0.2) is 4.79 Å². The third kappa shape index (κ3) is 4.04. The number of rotatable bonds is 5. The van der Waals surface area contributed by atoms with Gasteiger partial charge in [0.2, 0.25) is 0 Å². The standard InChI is InChI=1S/C28H26O6/c1-2-32-24-16-18(14-15-21(24)34-28(31)17-8-4-3-5-9-17)25-26-19(29)10-6-12-22(26)33-23-13-7-11-20(30)27(23)25/h3-5,8-9,14-16,25H,2,6-7,10-13H2,1H3. The molecule has 0 spiro atoms. The summed E-state index contributed by atoms with van der Waals surface area (Å²) in [7, 11) is 0. The molecule has 2 aromatic rings. The Bertz CT molecular complexity index is 1180. The van der Waals surface area contributed by atoms with Crippen LogP contribution in [0.1, 0.15) is 67.3 Å². The van der Waals surface area contributed by atoms with Gasteiger partial charge in [0.25, 0.3) is 0 Å². The number of benzene rings is 2. The minimum Gasteiger partial charge on any atom is -0.490 e. The highest BCUT2D eigenvalue weighted by Crippen LogP contribution is 2.48. The lowest BCUT2D eigenvalue weighted by Crippen LogP contribution is -2.30. The molecule has 0 amide bonds. The number of ether oxygens (including phenoxy) is 3. The monoisotopic (exact) mass is 458 g/mol. The van der Waals surface area contributed by atoms with Crippen LogP contribution in [0.3, 0.4) is 0 Å². The first kappa shape index (κ1) is 22.1. The van der Waals surface area contributed by atoms with Gasteiger partial charge in [0.1, 0.15) is 11.5 Å². The average Bonchev–Trinajstić information content (AvgIpc) is 2.85. The number of Topliss-reactive ketones (excluding diaryl/α,β-unsaturated/α-hetero) is 2. The lowest BCUT2D eigenvalue weighted by Gasteiger charge is -2.36. The molecule has 1 aliphatic heterocycles. The van der Waals surface area contributed by atoms with E-state index < -0.39 is 11.9 Å². The molecule has 0 atom stereocenters. The maximum atomic E-state index is 13.0. The minimum atomic E-state index is -0.488. The highest BCUT2D eigenvalue weighted by molar-refractivity contribution is 6.05. The van der Waals surface area contributed by atoms with Crippen LogP contribution < -0.4 is 9.47 Å². The quantitative estimate of drug-likeness (QED) is 0.439. The Morgan fingerprint density at radius 3 is 2.15 bits per heavy atom. The highest BCUT2D eigenvalue weighted by Gasteiger charge is 2.42. The Morgan fingerprint density at radius 1 is 0.882 bits per heavy atom. The predicted molar refractivity (Wildman–Crippen MR) is 125 cm³/mol. The average molecular weight is 459 g/mol. The Kier molecular flexibility index (Phi) is 6.05. The second-order valence-electron chi connectivity index (χ2n) is 8.66. The van der Waals surface area contributed by atoms with Gasteiger partial charge in [-0.05, 0) is 49.6 Å². The van der Waals surface area contributed by atoms with Crippen LogP contribution in [0.4, 0.5) is 0 Å². The smallest absolute Gasteiger partial charge is 0.343 e. The zero-order chi connectivity index (χ0) is 23.7. The molecule has 2 aliphatic carbocycles. The van der Waals surface area contributed by atoms with Gasteiger partial charge in [-0.15, -0.1) is 0 Å². The van der Waals surface area contributed by atoms with E-state index in [2.05, 4.69) is 0 Å². The van der Waals surface area contributed by atoms with Crippen molar-refractivity contribution in [1.29, 1.82) is 0 Å². The van der Waals surface area contributed by atoms with Crippen molar-refractivity contribution >= 4 is 17.5 Å². The number of hydrogen-bond donors (Lipinski definition) is 0. The summed E-state index contributed by atoms with van der Waals surface area (Å²) < 4.78 is 17.6. The summed E-state index contributed by atoms with van der Waals surface area (Å²) in [5.74, 6) is 1.13. The Labute approximate surface area is 198 Å². The maximum Gasteiger partial charge on any atom is 0.343 e. The Hall–Kier alpha value is -3.67. The first-order chi connectivity index (χ1) is 16.6. The van der Waals surface area contributed by atoms with Crippen molar-refractivity contribution in [3.63, 3.8) is 0 Å². The summed E-state index contributed by atoms with van der Waals surface area (Å²) in [5.41, 5.74) is 2.36. The SMILES string of the molecule is CCOc1cc(C2C3=C(CCCC3=O)OC3=C2C(=O)CCC3)ccc1OC(=O)c1ccccc1. The molecule has 3 aliphatic rings. The summed E-state index contributed by atoms with van der Waals surface area (Å²) in [6.45, 7) is 2.22. The van der Waals surface area contributed by atoms with Gasteiger partial charge in [0.15, 0.2) is 23.1 Å². The lowest BCUT2D eigenvalue weighted by molar-refractivity contribution is -0.117. The molecular formula is C28H26O6. The first-order valence-electron chi connectivity index (χ1n) is 11.8. The zero-order valence-electron chi connectivity index (χ0n) is 19.1. The first-order valence-corrected chi connectivity index (χ1v) is 11.8. The van der Waals surface area contributed by atoms with E-state index in [4.69, 9.17) is 14.2 Å². The molecule has 0 saturated heterocycles. The van der Waals surface area contributed by atoms with Gasteiger partial charge in [-0.3, -0.25) is 9.59 Å².